The first-order valence-electron chi connectivity index (χ1n) is 8.97. The summed E-state index contributed by atoms with van der Waals surface area (Å²) < 4.78 is 42.8. The van der Waals surface area contributed by atoms with Crippen LogP contribution in [0.5, 0.6) is 0 Å². The number of amides is 1. The molecule has 0 spiro atoms. The summed E-state index contributed by atoms with van der Waals surface area (Å²) in [6.45, 7) is 4.34. The number of carbonyl (C=O) groups excluding carboxylic acids is 1. The molecule has 2 aromatic rings. The second kappa shape index (κ2) is 8.69. The molecule has 2 aliphatic heterocycles. The van der Waals surface area contributed by atoms with Gasteiger partial charge in [-0.2, -0.15) is 13.2 Å². The van der Waals surface area contributed by atoms with Gasteiger partial charge in [-0.05, 0) is 19.1 Å². The lowest BCUT2D eigenvalue weighted by atomic mass is 10.1. The maximum atomic E-state index is 12.7. The summed E-state index contributed by atoms with van der Waals surface area (Å²) in [7, 11) is 0. The van der Waals surface area contributed by atoms with Crippen molar-refractivity contribution in [1.29, 1.82) is 0 Å². The monoisotopic (exact) mass is 428 g/mol. The molecule has 2 saturated heterocycles. The molecule has 0 unspecified atom stereocenters. The van der Waals surface area contributed by atoms with Gasteiger partial charge in [-0.1, -0.05) is 0 Å². The smallest absolute Gasteiger partial charge is 0.475 e. The molecule has 2 aromatic heterocycles. The largest absolute Gasteiger partial charge is 0.490 e. The molecule has 4 rings (SSSR count). The SMILES string of the molecule is Cc1occc1C(=O)N1C[C@@H]2OCCN(c3ncccn3)[C@@H]2C1.O=C(O)C(F)(F)F. The summed E-state index contributed by atoms with van der Waals surface area (Å²) in [5, 5.41) is 7.12. The van der Waals surface area contributed by atoms with E-state index in [1.54, 1.807) is 37.7 Å². The first kappa shape index (κ1) is 21.6. The maximum Gasteiger partial charge on any atom is 0.490 e. The summed E-state index contributed by atoms with van der Waals surface area (Å²) in [4.78, 5) is 34.2. The molecule has 162 valence electrons. The molecule has 0 aliphatic carbocycles. The van der Waals surface area contributed by atoms with Crippen molar-refractivity contribution in [2.45, 2.75) is 25.2 Å². The Hall–Kier alpha value is -3.15. The molecular weight excluding hydrogens is 409 g/mol. The fourth-order valence-corrected chi connectivity index (χ4v) is 3.32. The summed E-state index contributed by atoms with van der Waals surface area (Å²) in [6.07, 6.45) is -0.0746. The Labute approximate surface area is 169 Å². The minimum Gasteiger partial charge on any atom is -0.475 e. The van der Waals surface area contributed by atoms with Crippen LogP contribution >= 0.6 is 0 Å². The Balaban J connectivity index is 0.000000318. The van der Waals surface area contributed by atoms with Crippen molar-refractivity contribution < 1.29 is 37.0 Å². The number of aliphatic carboxylic acids is 1. The molecule has 2 atom stereocenters. The van der Waals surface area contributed by atoms with Crippen LogP contribution < -0.4 is 4.90 Å². The van der Waals surface area contributed by atoms with Crippen molar-refractivity contribution in [3.05, 3.63) is 42.1 Å². The minimum absolute atomic E-state index is 0.0105. The minimum atomic E-state index is -5.08. The topological polar surface area (TPSA) is 109 Å². The number of likely N-dealkylation sites (tertiary alicyclic amines) is 1. The summed E-state index contributed by atoms with van der Waals surface area (Å²) in [5.74, 6) is -1.43. The predicted molar refractivity (Wildman–Crippen MR) is 95.9 cm³/mol. The highest BCUT2D eigenvalue weighted by atomic mass is 19.4. The van der Waals surface area contributed by atoms with Crippen LogP contribution in [0.25, 0.3) is 0 Å². The molecule has 30 heavy (non-hydrogen) atoms. The van der Waals surface area contributed by atoms with Gasteiger partial charge in [-0.25, -0.2) is 14.8 Å². The highest BCUT2D eigenvalue weighted by Gasteiger charge is 2.43. The van der Waals surface area contributed by atoms with Gasteiger partial charge < -0.3 is 24.1 Å². The Morgan fingerprint density at radius 2 is 1.90 bits per heavy atom. The van der Waals surface area contributed by atoms with E-state index in [-0.39, 0.29) is 18.1 Å². The lowest BCUT2D eigenvalue weighted by molar-refractivity contribution is -0.192. The lowest BCUT2D eigenvalue weighted by Gasteiger charge is -2.36. The number of hydrogen-bond acceptors (Lipinski definition) is 7. The van der Waals surface area contributed by atoms with E-state index in [2.05, 4.69) is 14.9 Å². The van der Waals surface area contributed by atoms with Crippen molar-refractivity contribution in [2.75, 3.05) is 31.1 Å². The zero-order valence-electron chi connectivity index (χ0n) is 15.9. The third kappa shape index (κ3) is 4.70. The number of rotatable bonds is 2. The van der Waals surface area contributed by atoms with Crippen molar-refractivity contribution in [3.63, 3.8) is 0 Å². The molecule has 2 aliphatic rings. The molecule has 0 aromatic carbocycles. The molecular formula is C18H19F3N4O5. The van der Waals surface area contributed by atoms with Gasteiger partial charge in [0.05, 0.1) is 30.6 Å². The number of nitrogens with zero attached hydrogens (tertiary/aromatic N) is 4. The molecule has 12 heteroatoms. The van der Waals surface area contributed by atoms with Crippen LogP contribution in [0.15, 0.2) is 35.2 Å². The Morgan fingerprint density at radius 1 is 1.23 bits per heavy atom. The summed E-state index contributed by atoms with van der Waals surface area (Å²) in [6, 6.07) is 3.61. The Morgan fingerprint density at radius 3 is 2.47 bits per heavy atom. The van der Waals surface area contributed by atoms with E-state index >= 15 is 0 Å². The Kier molecular flexibility index (Phi) is 6.25. The molecule has 0 saturated carbocycles. The van der Waals surface area contributed by atoms with Gasteiger partial charge in [-0.3, -0.25) is 4.79 Å². The van der Waals surface area contributed by atoms with Crippen LogP contribution in [0.4, 0.5) is 19.1 Å². The number of ether oxygens (including phenoxy) is 1. The molecule has 9 nitrogen and oxygen atoms in total. The number of fused-ring (bicyclic) bond motifs is 1. The molecule has 0 bridgehead atoms. The van der Waals surface area contributed by atoms with Gasteiger partial charge in [0, 0.05) is 32.0 Å². The van der Waals surface area contributed by atoms with E-state index in [0.29, 0.717) is 37.0 Å². The van der Waals surface area contributed by atoms with Crippen molar-refractivity contribution in [2.24, 2.45) is 0 Å². The third-order valence-electron chi connectivity index (χ3n) is 4.73. The third-order valence-corrected chi connectivity index (χ3v) is 4.73. The van der Waals surface area contributed by atoms with Gasteiger partial charge in [0.2, 0.25) is 5.95 Å². The van der Waals surface area contributed by atoms with E-state index in [9.17, 15) is 18.0 Å². The maximum absolute atomic E-state index is 12.7. The zero-order chi connectivity index (χ0) is 21.9. The highest BCUT2D eigenvalue weighted by molar-refractivity contribution is 5.95. The highest BCUT2D eigenvalue weighted by Crippen LogP contribution is 2.27. The second-order valence-electron chi connectivity index (χ2n) is 6.62. The number of morpholine rings is 1. The summed E-state index contributed by atoms with van der Waals surface area (Å²) >= 11 is 0. The number of furan rings is 1. The molecule has 0 radical (unpaired) electrons. The number of anilines is 1. The number of alkyl halides is 3. The first-order valence-corrected chi connectivity index (χ1v) is 8.97. The van der Waals surface area contributed by atoms with E-state index in [1.165, 1.54) is 0 Å². The zero-order valence-corrected chi connectivity index (χ0v) is 15.9. The number of aryl methyl sites for hydroxylation is 1. The van der Waals surface area contributed by atoms with Gasteiger partial charge in [0.25, 0.3) is 5.91 Å². The second-order valence-corrected chi connectivity index (χ2v) is 6.62. The number of hydrogen-bond donors (Lipinski definition) is 1. The number of carboxylic acids is 1. The standard InChI is InChI=1S/C16H18N4O3.C2HF3O2/c1-11-12(3-7-22-11)15(21)19-9-13-14(10-19)23-8-6-20(13)16-17-4-2-5-18-16;3-2(4,5)1(6)7/h2-5,7,13-14H,6,8-10H2,1H3;(H,6,7)/t13-,14+;/m1./s1. The first-order chi connectivity index (χ1) is 14.2. The van der Waals surface area contributed by atoms with Gasteiger partial charge >= 0.3 is 12.1 Å². The van der Waals surface area contributed by atoms with Crippen LogP contribution in [-0.4, -0.2) is 76.4 Å². The van der Waals surface area contributed by atoms with Crippen LogP contribution in [0.3, 0.4) is 0 Å². The van der Waals surface area contributed by atoms with E-state index in [0.717, 1.165) is 6.54 Å². The fourth-order valence-electron chi connectivity index (χ4n) is 3.32. The van der Waals surface area contributed by atoms with Crippen LogP contribution in [-0.2, 0) is 9.53 Å². The lowest BCUT2D eigenvalue weighted by Crippen LogP contribution is -2.51. The summed E-state index contributed by atoms with van der Waals surface area (Å²) in [5.41, 5.74) is 0.617. The van der Waals surface area contributed by atoms with E-state index in [1.807, 2.05) is 4.90 Å². The van der Waals surface area contributed by atoms with Crippen LogP contribution in [0.1, 0.15) is 16.1 Å². The van der Waals surface area contributed by atoms with Crippen LogP contribution in [0.2, 0.25) is 0 Å². The van der Waals surface area contributed by atoms with Crippen molar-refractivity contribution in [1.82, 2.24) is 14.9 Å². The van der Waals surface area contributed by atoms with Crippen LogP contribution in [0, 0.1) is 6.92 Å². The van der Waals surface area contributed by atoms with E-state index in [4.69, 9.17) is 19.1 Å². The van der Waals surface area contributed by atoms with Crippen molar-refractivity contribution in [3.8, 4) is 0 Å². The average molecular weight is 428 g/mol. The number of carboxylic acid groups (broad SMARTS) is 1. The molecule has 2 fully saturated rings. The number of halogens is 3. The predicted octanol–water partition coefficient (Wildman–Crippen LogP) is 1.74. The van der Waals surface area contributed by atoms with Gasteiger partial charge in [0.15, 0.2) is 0 Å². The van der Waals surface area contributed by atoms with Gasteiger partial charge in [0.1, 0.15) is 5.76 Å². The average Bonchev–Trinajstić information content (AvgIpc) is 3.33. The fraction of sp³-hybridized carbons (Fsp3) is 0.444. The van der Waals surface area contributed by atoms with Crippen molar-refractivity contribution >= 4 is 17.8 Å². The Bertz CT molecular complexity index is 889. The number of aromatic nitrogens is 2. The molecule has 1 N–H and O–H groups in total. The molecule has 1 amide bonds. The van der Waals surface area contributed by atoms with E-state index < -0.39 is 12.1 Å². The normalized spacial score (nSPS) is 20.9. The molecule has 4 heterocycles. The quantitative estimate of drug-likeness (QED) is 0.771. The number of carbonyl (C=O) groups is 2. The van der Waals surface area contributed by atoms with Gasteiger partial charge in [-0.15, -0.1) is 0 Å².